The third-order valence-corrected chi connectivity index (χ3v) is 3.41. The second-order valence-electron chi connectivity index (χ2n) is 4.66. The van der Waals surface area contributed by atoms with E-state index in [2.05, 4.69) is 26.5 Å². The molecule has 124 valence electrons. The number of halogens is 1. The number of carbonyl (C=O) groups is 1. The molecule has 2 rings (SSSR count). The largest absolute Gasteiger partial charge is 0.493 e. The summed E-state index contributed by atoms with van der Waals surface area (Å²) in [4.78, 5) is 22.0. The third-order valence-electron chi connectivity index (χ3n) is 2.92. The lowest BCUT2D eigenvalue weighted by Gasteiger charge is -2.05. The maximum Gasteiger partial charge on any atom is 0.278 e. The van der Waals surface area contributed by atoms with Crippen LogP contribution < -0.4 is 10.2 Å². The lowest BCUT2D eigenvalue weighted by Crippen LogP contribution is -2.20. The molecule has 24 heavy (non-hydrogen) atoms. The van der Waals surface area contributed by atoms with Crippen LogP contribution in [0.1, 0.15) is 12.0 Å². The fourth-order valence-electron chi connectivity index (χ4n) is 1.81. The van der Waals surface area contributed by atoms with Crippen LogP contribution in [0.2, 0.25) is 0 Å². The highest BCUT2D eigenvalue weighted by Gasteiger charge is 2.10. The van der Waals surface area contributed by atoms with Gasteiger partial charge >= 0.3 is 0 Å². The molecule has 7 nitrogen and oxygen atoms in total. The first-order valence-corrected chi connectivity index (χ1v) is 7.79. The second-order valence-corrected chi connectivity index (χ2v) is 5.58. The molecule has 0 unspecified atom stereocenters. The number of hydrogen-bond donors (Lipinski definition) is 1. The van der Waals surface area contributed by atoms with E-state index < -0.39 is 4.92 Å². The predicted molar refractivity (Wildman–Crippen MR) is 93.1 cm³/mol. The molecule has 8 heteroatoms. The van der Waals surface area contributed by atoms with E-state index in [0.717, 1.165) is 4.47 Å². The molecule has 0 atom stereocenters. The van der Waals surface area contributed by atoms with Crippen LogP contribution in [-0.2, 0) is 4.79 Å². The Kier molecular flexibility index (Phi) is 6.44. The van der Waals surface area contributed by atoms with E-state index in [1.165, 1.54) is 12.3 Å². The van der Waals surface area contributed by atoms with Crippen molar-refractivity contribution in [3.63, 3.8) is 0 Å². The third kappa shape index (κ3) is 5.47. The molecule has 0 heterocycles. The van der Waals surface area contributed by atoms with Gasteiger partial charge in [-0.05, 0) is 24.3 Å². The van der Waals surface area contributed by atoms with Crippen molar-refractivity contribution in [1.82, 2.24) is 5.43 Å². The number of amides is 1. The summed E-state index contributed by atoms with van der Waals surface area (Å²) in [6.45, 7) is 0.198. The van der Waals surface area contributed by atoms with Crippen LogP contribution >= 0.6 is 15.9 Å². The molecule has 0 saturated heterocycles. The topological polar surface area (TPSA) is 93.8 Å². The number of nitrogens with zero attached hydrogens (tertiary/aromatic N) is 2. The Morgan fingerprint density at radius 1 is 1.29 bits per heavy atom. The highest BCUT2D eigenvalue weighted by molar-refractivity contribution is 9.10. The minimum absolute atomic E-state index is 0.0755. The average Bonchev–Trinajstić information content (AvgIpc) is 2.55. The summed E-state index contributed by atoms with van der Waals surface area (Å²) in [7, 11) is 0. The number of benzene rings is 2. The predicted octanol–water partition coefficient (Wildman–Crippen LogP) is 3.28. The highest BCUT2D eigenvalue weighted by Crippen LogP contribution is 2.17. The van der Waals surface area contributed by atoms with Crippen molar-refractivity contribution in [3.05, 3.63) is 68.7 Å². The van der Waals surface area contributed by atoms with Crippen LogP contribution in [-0.4, -0.2) is 23.7 Å². The fourth-order valence-corrected chi connectivity index (χ4v) is 2.19. The Hall–Kier alpha value is -2.74. The first kappa shape index (κ1) is 17.6. The number of hydrogen-bond acceptors (Lipinski definition) is 5. The molecule has 1 N–H and O–H groups in total. The standard InChI is InChI=1S/C16H14BrN3O4/c17-13-5-3-6-14(10-13)24-9-8-16(21)19-18-11-12-4-1-2-7-15(12)20(22)23/h1-7,10-11H,8-9H2,(H,19,21)/b18-11-. The van der Waals surface area contributed by atoms with Crippen molar-refractivity contribution >= 4 is 33.7 Å². The van der Waals surface area contributed by atoms with Gasteiger partial charge in [0.15, 0.2) is 0 Å². The molecule has 0 radical (unpaired) electrons. The Balaban J connectivity index is 1.80. The molecule has 0 aliphatic rings. The lowest BCUT2D eigenvalue weighted by atomic mass is 10.2. The van der Waals surface area contributed by atoms with E-state index >= 15 is 0 Å². The number of nitro groups is 1. The van der Waals surface area contributed by atoms with Crippen molar-refractivity contribution in [2.24, 2.45) is 5.10 Å². The fraction of sp³-hybridized carbons (Fsp3) is 0.125. The number of nitrogens with one attached hydrogen (secondary N) is 1. The minimum atomic E-state index is -0.505. The van der Waals surface area contributed by atoms with Gasteiger partial charge < -0.3 is 4.74 Å². The number of nitro benzene ring substituents is 1. The zero-order valence-electron chi connectivity index (χ0n) is 12.5. The van der Waals surface area contributed by atoms with Crippen molar-refractivity contribution < 1.29 is 14.5 Å². The molecule has 0 bridgehead atoms. The van der Waals surface area contributed by atoms with Crippen LogP contribution in [0.15, 0.2) is 58.1 Å². The van der Waals surface area contributed by atoms with E-state index in [9.17, 15) is 14.9 Å². The first-order chi connectivity index (χ1) is 11.6. The van der Waals surface area contributed by atoms with E-state index in [-0.39, 0.29) is 24.6 Å². The number of para-hydroxylation sites is 1. The number of rotatable bonds is 7. The molecule has 1 amide bonds. The second kappa shape index (κ2) is 8.78. The van der Waals surface area contributed by atoms with Crippen LogP contribution in [0.4, 0.5) is 5.69 Å². The van der Waals surface area contributed by atoms with Crippen molar-refractivity contribution in [2.45, 2.75) is 6.42 Å². The van der Waals surface area contributed by atoms with E-state index in [1.807, 2.05) is 12.1 Å². The van der Waals surface area contributed by atoms with Crippen LogP contribution in [0, 0.1) is 10.1 Å². The summed E-state index contributed by atoms with van der Waals surface area (Å²) in [5.74, 6) is 0.306. The molecule has 0 saturated carbocycles. The quantitative estimate of drug-likeness (QED) is 0.445. The monoisotopic (exact) mass is 391 g/mol. The molecular weight excluding hydrogens is 378 g/mol. The Morgan fingerprint density at radius 3 is 2.83 bits per heavy atom. The number of hydrazone groups is 1. The summed E-state index contributed by atoms with van der Waals surface area (Å²) < 4.78 is 6.33. The summed E-state index contributed by atoms with van der Waals surface area (Å²) in [6.07, 6.45) is 1.35. The molecule has 0 aliphatic heterocycles. The van der Waals surface area contributed by atoms with Gasteiger partial charge in [0.25, 0.3) is 5.69 Å². The van der Waals surface area contributed by atoms with E-state index in [1.54, 1.807) is 30.3 Å². The highest BCUT2D eigenvalue weighted by atomic mass is 79.9. The maximum atomic E-state index is 11.7. The lowest BCUT2D eigenvalue weighted by molar-refractivity contribution is -0.385. The van der Waals surface area contributed by atoms with Crippen LogP contribution in [0.3, 0.4) is 0 Å². The van der Waals surface area contributed by atoms with Gasteiger partial charge in [-0.1, -0.05) is 34.1 Å². The smallest absolute Gasteiger partial charge is 0.278 e. The summed E-state index contributed by atoms with van der Waals surface area (Å²) in [5, 5.41) is 14.6. The molecule has 0 aliphatic carbocycles. The maximum absolute atomic E-state index is 11.7. The molecule has 0 spiro atoms. The SMILES string of the molecule is O=C(CCOc1cccc(Br)c1)N/N=C\c1ccccc1[N+](=O)[O-]. The molecule has 2 aromatic carbocycles. The normalized spacial score (nSPS) is 10.5. The average molecular weight is 392 g/mol. The zero-order valence-corrected chi connectivity index (χ0v) is 14.1. The number of carbonyl (C=O) groups excluding carboxylic acids is 1. The van der Waals surface area contributed by atoms with E-state index in [0.29, 0.717) is 11.3 Å². The summed E-state index contributed by atoms with van der Waals surface area (Å²) in [6, 6.07) is 13.4. The van der Waals surface area contributed by atoms with Gasteiger partial charge in [0.1, 0.15) is 5.75 Å². The molecule has 0 aromatic heterocycles. The van der Waals surface area contributed by atoms with Gasteiger partial charge in [-0.2, -0.15) is 5.10 Å². The van der Waals surface area contributed by atoms with Crippen LogP contribution in [0.5, 0.6) is 5.75 Å². The van der Waals surface area contributed by atoms with Gasteiger partial charge in [-0.3, -0.25) is 14.9 Å². The van der Waals surface area contributed by atoms with Gasteiger partial charge in [-0.15, -0.1) is 0 Å². The Morgan fingerprint density at radius 2 is 2.08 bits per heavy atom. The van der Waals surface area contributed by atoms with Gasteiger partial charge in [0, 0.05) is 10.5 Å². The van der Waals surface area contributed by atoms with Crippen molar-refractivity contribution in [1.29, 1.82) is 0 Å². The number of ether oxygens (including phenoxy) is 1. The molecule has 0 fully saturated rings. The zero-order chi connectivity index (χ0) is 17.4. The Bertz CT molecular complexity index is 764. The summed E-state index contributed by atoms with van der Waals surface area (Å²) >= 11 is 3.33. The Labute approximate surface area is 146 Å². The van der Waals surface area contributed by atoms with E-state index in [4.69, 9.17) is 4.74 Å². The van der Waals surface area contributed by atoms with Crippen LogP contribution in [0.25, 0.3) is 0 Å². The summed E-state index contributed by atoms with van der Waals surface area (Å²) in [5.41, 5.74) is 2.55. The van der Waals surface area contributed by atoms with Gasteiger partial charge in [0.05, 0.1) is 29.7 Å². The van der Waals surface area contributed by atoms with Gasteiger partial charge in [-0.25, -0.2) is 5.43 Å². The minimum Gasteiger partial charge on any atom is -0.493 e. The van der Waals surface area contributed by atoms with Crippen molar-refractivity contribution in [2.75, 3.05) is 6.61 Å². The molecule has 2 aromatic rings. The first-order valence-electron chi connectivity index (χ1n) is 7.00. The molecular formula is C16H14BrN3O4. The van der Waals surface area contributed by atoms with Gasteiger partial charge in [0.2, 0.25) is 5.91 Å². The van der Waals surface area contributed by atoms with Crippen molar-refractivity contribution in [3.8, 4) is 5.75 Å².